The molecule has 0 N–H and O–H groups in total. The summed E-state index contributed by atoms with van der Waals surface area (Å²) in [4.78, 5) is 4.73. The standard InChI is InChI=1S/C60H40N4S/c1-5-17-41(18-6-1)61(42-19-7-2-8-20-42)48-34-37-56-53(40-48)59-57(38-35-51-50-26-14-16-28-58(50)65-60(51)59)64(56)46-31-29-45(30-32-46)62(43-21-9-3-10-22-43)47-33-36-55-52(39-47)49-25-13-15-27-54(49)63(55)44-23-11-4-12-24-44/h1-40H. The van der Waals surface area contributed by atoms with Crippen LogP contribution in [0.25, 0.3) is 75.2 Å². The van der Waals surface area contributed by atoms with Crippen LogP contribution in [0.2, 0.25) is 0 Å². The number of benzene rings is 10. The molecule has 3 aromatic heterocycles. The number of thiophene rings is 1. The van der Waals surface area contributed by atoms with Gasteiger partial charge in [0.1, 0.15) is 0 Å². The number of rotatable bonds is 8. The maximum atomic E-state index is 2.45. The third kappa shape index (κ3) is 6.05. The first-order valence-electron chi connectivity index (χ1n) is 22.1. The Bertz CT molecular complexity index is 3830. The molecule has 0 spiro atoms. The number of hydrogen-bond donors (Lipinski definition) is 0. The fourth-order valence-corrected chi connectivity index (χ4v) is 11.3. The monoisotopic (exact) mass is 848 g/mol. The predicted octanol–water partition coefficient (Wildman–Crippen LogP) is 17.2. The summed E-state index contributed by atoms with van der Waals surface area (Å²) in [5.41, 5.74) is 13.6. The number of hydrogen-bond acceptors (Lipinski definition) is 3. The quantitative estimate of drug-likeness (QED) is 0.151. The summed E-state index contributed by atoms with van der Waals surface area (Å²) in [6.45, 7) is 0. The summed E-state index contributed by atoms with van der Waals surface area (Å²) in [5, 5.41) is 7.55. The van der Waals surface area contributed by atoms with Gasteiger partial charge in [0.25, 0.3) is 0 Å². The third-order valence-corrected chi connectivity index (χ3v) is 14.1. The van der Waals surface area contributed by atoms with E-state index in [2.05, 4.69) is 262 Å². The molecule has 65 heavy (non-hydrogen) atoms. The molecule has 0 atom stereocenters. The van der Waals surface area contributed by atoms with Crippen LogP contribution in [0.3, 0.4) is 0 Å². The van der Waals surface area contributed by atoms with Gasteiger partial charge in [0.05, 0.1) is 22.1 Å². The van der Waals surface area contributed by atoms with Crippen molar-refractivity contribution in [2.24, 2.45) is 0 Å². The van der Waals surface area contributed by atoms with Gasteiger partial charge in [0.15, 0.2) is 0 Å². The summed E-state index contributed by atoms with van der Waals surface area (Å²) in [6, 6.07) is 87.9. The smallest absolute Gasteiger partial charge is 0.0555 e. The second-order valence-electron chi connectivity index (χ2n) is 16.6. The molecule has 0 aliphatic carbocycles. The minimum Gasteiger partial charge on any atom is -0.310 e. The van der Waals surface area contributed by atoms with Crippen molar-refractivity contribution in [2.75, 3.05) is 9.80 Å². The first-order valence-corrected chi connectivity index (χ1v) is 22.9. The third-order valence-electron chi connectivity index (χ3n) is 12.9. The molecule has 3 heterocycles. The number of para-hydroxylation sites is 5. The Balaban J connectivity index is 0.990. The lowest BCUT2D eigenvalue weighted by Crippen LogP contribution is -2.10. The van der Waals surface area contributed by atoms with Crippen molar-refractivity contribution < 1.29 is 0 Å². The van der Waals surface area contributed by atoms with Gasteiger partial charge in [-0.2, -0.15) is 0 Å². The zero-order chi connectivity index (χ0) is 42.8. The molecule has 13 rings (SSSR count). The van der Waals surface area contributed by atoms with E-state index in [1.54, 1.807) is 0 Å². The van der Waals surface area contributed by atoms with Crippen LogP contribution in [0.4, 0.5) is 34.1 Å². The van der Waals surface area contributed by atoms with E-state index in [4.69, 9.17) is 0 Å². The predicted molar refractivity (Wildman–Crippen MR) is 277 cm³/mol. The average Bonchev–Trinajstić information content (AvgIpc) is 4.03. The maximum absolute atomic E-state index is 2.45. The zero-order valence-electron chi connectivity index (χ0n) is 35.3. The summed E-state index contributed by atoms with van der Waals surface area (Å²) in [6.07, 6.45) is 0. The van der Waals surface area contributed by atoms with Gasteiger partial charge < -0.3 is 18.9 Å². The van der Waals surface area contributed by atoms with Gasteiger partial charge in [-0.05, 0) is 127 Å². The Morgan fingerprint density at radius 2 is 0.708 bits per heavy atom. The second-order valence-corrected chi connectivity index (χ2v) is 17.6. The van der Waals surface area contributed by atoms with Gasteiger partial charge in [0, 0.05) is 87.2 Å². The van der Waals surface area contributed by atoms with Crippen LogP contribution >= 0.6 is 11.3 Å². The van der Waals surface area contributed by atoms with Crippen molar-refractivity contribution in [3.05, 3.63) is 243 Å². The van der Waals surface area contributed by atoms with Crippen LogP contribution < -0.4 is 9.80 Å². The van der Waals surface area contributed by atoms with E-state index in [-0.39, 0.29) is 0 Å². The Labute approximate surface area is 380 Å². The van der Waals surface area contributed by atoms with Crippen molar-refractivity contribution in [3.63, 3.8) is 0 Å². The van der Waals surface area contributed by atoms with Crippen molar-refractivity contribution >= 4 is 109 Å². The molecule has 0 fully saturated rings. The molecule has 0 amide bonds. The van der Waals surface area contributed by atoms with Crippen LogP contribution in [0.1, 0.15) is 0 Å². The Kier molecular flexibility index (Phi) is 8.68. The van der Waals surface area contributed by atoms with Crippen molar-refractivity contribution in [3.8, 4) is 11.4 Å². The highest BCUT2D eigenvalue weighted by molar-refractivity contribution is 7.26. The van der Waals surface area contributed by atoms with E-state index in [0.717, 1.165) is 45.5 Å². The van der Waals surface area contributed by atoms with Gasteiger partial charge in [-0.3, -0.25) is 0 Å². The lowest BCUT2D eigenvalue weighted by molar-refractivity contribution is 1.17. The van der Waals surface area contributed by atoms with Crippen molar-refractivity contribution in [1.82, 2.24) is 9.13 Å². The highest BCUT2D eigenvalue weighted by Crippen LogP contribution is 2.46. The Morgan fingerprint density at radius 1 is 0.277 bits per heavy atom. The maximum Gasteiger partial charge on any atom is 0.0555 e. The molecule has 0 saturated heterocycles. The highest BCUT2D eigenvalue weighted by Gasteiger charge is 2.22. The van der Waals surface area contributed by atoms with Crippen LogP contribution in [-0.2, 0) is 0 Å². The molecule has 0 radical (unpaired) electrons. The van der Waals surface area contributed by atoms with Gasteiger partial charge in [0.2, 0.25) is 0 Å². The van der Waals surface area contributed by atoms with Crippen LogP contribution in [-0.4, -0.2) is 9.13 Å². The molecule has 0 saturated carbocycles. The van der Waals surface area contributed by atoms with E-state index in [0.29, 0.717) is 0 Å². The average molecular weight is 849 g/mol. The fourth-order valence-electron chi connectivity index (χ4n) is 10.0. The van der Waals surface area contributed by atoms with E-state index in [1.807, 2.05) is 11.3 Å². The van der Waals surface area contributed by atoms with Crippen molar-refractivity contribution in [2.45, 2.75) is 0 Å². The normalized spacial score (nSPS) is 11.7. The fraction of sp³-hybridized carbons (Fsp3) is 0. The molecule has 306 valence electrons. The molecule has 0 bridgehead atoms. The molecular weight excluding hydrogens is 809 g/mol. The minimum atomic E-state index is 1.09. The topological polar surface area (TPSA) is 16.3 Å². The lowest BCUT2D eigenvalue weighted by atomic mass is 10.1. The van der Waals surface area contributed by atoms with Gasteiger partial charge in [-0.25, -0.2) is 0 Å². The van der Waals surface area contributed by atoms with E-state index >= 15 is 0 Å². The van der Waals surface area contributed by atoms with E-state index in [1.165, 1.54) is 63.8 Å². The number of aromatic nitrogens is 2. The molecule has 13 aromatic rings. The summed E-state index contributed by atoms with van der Waals surface area (Å²) >= 11 is 1.89. The minimum absolute atomic E-state index is 1.09. The molecule has 0 aliphatic heterocycles. The summed E-state index contributed by atoms with van der Waals surface area (Å²) in [7, 11) is 0. The highest BCUT2D eigenvalue weighted by atomic mass is 32.1. The summed E-state index contributed by atoms with van der Waals surface area (Å²) in [5.74, 6) is 0. The molecule has 0 unspecified atom stereocenters. The first kappa shape index (κ1) is 37.2. The SMILES string of the molecule is c1ccc(N(c2ccc(-n3c4ccc(N(c5ccccc5)c5ccccc5)cc4c4c5sc6ccccc6c5ccc43)cc2)c2ccc3c(c2)c2ccccc2n3-c2ccccc2)cc1. The number of nitrogens with zero attached hydrogens (tertiary/aromatic N) is 4. The zero-order valence-corrected chi connectivity index (χ0v) is 36.1. The van der Waals surface area contributed by atoms with Crippen LogP contribution in [0.15, 0.2) is 243 Å². The molecular formula is C60H40N4S. The van der Waals surface area contributed by atoms with Gasteiger partial charge in [-0.1, -0.05) is 115 Å². The molecule has 10 aromatic carbocycles. The van der Waals surface area contributed by atoms with Gasteiger partial charge >= 0.3 is 0 Å². The number of anilines is 6. The second kappa shape index (κ2) is 15.2. The van der Waals surface area contributed by atoms with Crippen LogP contribution in [0, 0.1) is 0 Å². The molecule has 0 aliphatic rings. The largest absolute Gasteiger partial charge is 0.310 e. The number of fused-ring (bicyclic) bond motifs is 10. The van der Waals surface area contributed by atoms with Crippen molar-refractivity contribution in [1.29, 1.82) is 0 Å². The van der Waals surface area contributed by atoms with Crippen LogP contribution in [0.5, 0.6) is 0 Å². The lowest BCUT2D eigenvalue weighted by Gasteiger charge is -2.26. The Morgan fingerprint density at radius 3 is 1.34 bits per heavy atom. The van der Waals surface area contributed by atoms with E-state index in [9.17, 15) is 0 Å². The molecule has 5 heteroatoms. The Hall–Kier alpha value is -8.38. The molecule has 4 nitrogen and oxygen atoms in total. The van der Waals surface area contributed by atoms with Gasteiger partial charge in [-0.15, -0.1) is 11.3 Å². The first-order chi connectivity index (χ1) is 32.3. The summed E-state index contributed by atoms with van der Waals surface area (Å²) < 4.78 is 7.44. The van der Waals surface area contributed by atoms with E-state index < -0.39 is 0 Å².